The number of nitrogens with two attached hydrogens (primary N) is 1. The fraction of sp³-hybridized carbons (Fsp3) is 0.938. The van der Waals surface area contributed by atoms with Gasteiger partial charge in [-0.1, -0.05) is 6.92 Å². The van der Waals surface area contributed by atoms with Crippen LogP contribution in [0.1, 0.15) is 60.3 Å². The Morgan fingerprint density at radius 2 is 1.79 bits per heavy atom. The standard InChI is InChI=1S/C9H17NO3.C7H18N2O2/c1-2-12-9(11)7-3-5-8(13-10)6-4-7;1-6-9(7(2,3)4)8-11-10-5/h7-8H,2-6,10H2,1H3;8H,6H2,1-5H3. The van der Waals surface area contributed by atoms with Gasteiger partial charge in [0.1, 0.15) is 0 Å². The predicted octanol–water partition coefficient (Wildman–Crippen LogP) is 2.10. The average molecular weight is 349 g/mol. The van der Waals surface area contributed by atoms with Gasteiger partial charge in [0.25, 0.3) is 0 Å². The first-order chi connectivity index (χ1) is 11.3. The molecule has 24 heavy (non-hydrogen) atoms. The summed E-state index contributed by atoms with van der Waals surface area (Å²) in [7, 11) is 1.46. The number of ether oxygens (including phenoxy) is 1. The normalized spacial score (nSPS) is 21.2. The second-order valence-corrected chi connectivity index (χ2v) is 6.62. The lowest BCUT2D eigenvalue weighted by Gasteiger charge is -2.32. The summed E-state index contributed by atoms with van der Waals surface area (Å²) in [6.07, 6.45) is 3.52. The Morgan fingerprint density at radius 1 is 1.21 bits per heavy atom. The molecule has 0 atom stereocenters. The number of rotatable bonds is 7. The van der Waals surface area contributed by atoms with Gasteiger partial charge in [-0.15, -0.1) is 10.6 Å². The summed E-state index contributed by atoms with van der Waals surface area (Å²) in [6.45, 7) is 11.4. The van der Waals surface area contributed by atoms with Crippen LogP contribution in [0.25, 0.3) is 0 Å². The van der Waals surface area contributed by atoms with E-state index in [2.05, 4.69) is 36.2 Å². The quantitative estimate of drug-likeness (QED) is 0.410. The lowest BCUT2D eigenvalue weighted by atomic mass is 9.87. The molecule has 1 aliphatic carbocycles. The summed E-state index contributed by atoms with van der Waals surface area (Å²) in [5.74, 6) is 5.06. The van der Waals surface area contributed by atoms with Gasteiger partial charge < -0.3 is 9.57 Å². The molecule has 1 fully saturated rings. The van der Waals surface area contributed by atoms with E-state index in [1.807, 2.05) is 18.9 Å². The van der Waals surface area contributed by atoms with Crippen LogP contribution in [0.3, 0.4) is 0 Å². The fourth-order valence-electron chi connectivity index (χ4n) is 2.45. The molecule has 3 N–H and O–H groups in total. The van der Waals surface area contributed by atoms with Crippen LogP contribution >= 0.6 is 0 Å². The third-order valence-corrected chi connectivity index (χ3v) is 3.84. The van der Waals surface area contributed by atoms with Crippen LogP contribution in [-0.4, -0.2) is 42.9 Å². The van der Waals surface area contributed by atoms with Gasteiger partial charge in [0.15, 0.2) is 0 Å². The number of hydrogen-bond donors (Lipinski definition) is 2. The molecule has 0 heterocycles. The summed E-state index contributed by atoms with van der Waals surface area (Å²) in [6, 6.07) is 0. The smallest absolute Gasteiger partial charge is 0.308 e. The first-order valence-electron chi connectivity index (χ1n) is 8.55. The van der Waals surface area contributed by atoms with Gasteiger partial charge in [0.2, 0.25) is 0 Å². The van der Waals surface area contributed by atoms with Crippen molar-refractivity contribution in [1.82, 2.24) is 10.6 Å². The molecule has 8 heteroatoms. The lowest BCUT2D eigenvalue weighted by Crippen LogP contribution is -2.49. The van der Waals surface area contributed by atoms with Crippen LogP contribution in [0.4, 0.5) is 0 Å². The van der Waals surface area contributed by atoms with E-state index in [0.717, 1.165) is 32.2 Å². The molecular formula is C16H35N3O5. The molecule has 0 spiro atoms. The molecule has 0 aliphatic heterocycles. The van der Waals surface area contributed by atoms with Crippen molar-refractivity contribution in [2.75, 3.05) is 20.3 Å². The molecule has 0 saturated heterocycles. The van der Waals surface area contributed by atoms with Gasteiger partial charge in [-0.3, -0.25) is 4.79 Å². The number of carbonyl (C=O) groups excluding carboxylic acids is 1. The van der Waals surface area contributed by atoms with E-state index >= 15 is 0 Å². The zero-order valence-electron chi connectivity index (χ0n) is 16.0. The van der Waals surface area contributed by atoms with Gasteiger partial charge in [-0.2, -0.15) is 0 Å². The minimum atomic E-state index is -0.0713. The fourth-order valence-corrected chi connectivity index (χ4v) is 2.45. The first kappa shape index (κ1) is 23.2. The van der Waals surface area contributed by atoms with E-state index in [1.165, 1.54) is 7.11 Å². The second-order valence-electron chi connectivity index (χ2n) is 6.62. The number of nitrogens with zero attached hydrogens (tertiary/aromatic N) is 1. The number of nitrogens with one attached hydrogen (secondary N) is 1. The van der Waals surface area contributed by atoms with Crippen LogP contribution < -0.4 is 11.5 Å². The van der Waals surface area contributed by atoms with E-state index < -0.39 is 0 Å². The van der Waals surface area contributed by atoms with Gasteiger partial charge >= 0.3 is 5.97 Å². The Kier molecular flexibility index (Phi) is 12.2. The minimum Gasteiger partial charge on any atom is -0.466 e. The van der Waals surface area contributed by atoms with Crippen molar-refractivity contribution >= 4 is 5.97 Å². The van der Waals surface area contributed by atoms with E-state index in [4.69, 9.17) is 15.5 Å². The van der Waals surface area contributed by atoms with Crippen LogP contribution in [0.5, 0.6) is 0 Å². The molecule has 1 aliphatic rings. The van der Waals surface area contributed by atoms with Gasteiger partial charge in [-0.25, -0.2) is 15.8 Å². The van der Waals surface area contributed by atoms with E-state index in [9.17, 15) is 4.79 Å². The number of hydrogen-bond acceptors (Lipinski definition) is 8. The third-order valence-electron chi connectivity index (χ3n) is 3.84. The largest absolute Gasteiger partial charge is 0.466 e. The topological polar surface area (TPSA) is 95.3 Å². The molecule has 0 unspecified atom stereocenters. The first-order valence-corrected chi connectivity index (χ1v) is 8.55. The Balaban J connectivity index is 0.000000449. The maximum Gasteiger partial charge on any atom is 0.308 e. The Bertz CT molecular complexity index is 328. The Labute approximate surface area is 145 Å². The van der Waals surface area contributed by atoms with Gasteiger partial charge in [0.05, 0.1) is 25.7 Å². The van der Waals surface area contributed by atoms with Gasteiger partial charge in [-0.05, 0) is 53.4 Å². The second kappa shape index (κ2) is 12.6. The van der Waals surface area contributed by atoms with Crippen LogP contribution in [0, 0.1) is 5.92 Å². The summed E-state index contributed by atoms with van der Waals surface area (Å²) in [5, 5.41) is 1.93. The van der Waals surface area contributed by atoms with Crippen LogP contribution in [-0.2, 0) is 24.2 Å². The van der Waals surface area contributed by atoms with Crippen molar-refractivity contribution in [3.05, 3.63) is 0 Å². The van der Waals surface area contributed by atoms with Crippen LogP contribution in [0.2, 0.25) is 0 Å². The highest BCUT2D eigenvalue weighted by atomic mass is 17.3. The number of esters is 1. The summed E-state index contributed by atoms with van der Waals surface area (Å²) >= 11 is 0. The summed E-state index contributed by atoms with van der Waals surface area (Å²) in [4.78, 5) is 25.0. The third kappa shape index (κ3) is 9.51. The van der Waals surface area contributed by atoms with Gasteiger partial charge in [0, 0.05) is 12.1 Å². The predicted molar refractivity (Wildman–Crippen MR) is 91.0 cm³/mol. The SMILES string of the molecule is CCN(NOOC)C(C)(C)C.CCOC(=O)C1CCC(ON)CC1. The zero-order chi connectivity index (χ0) is 18.6. The molecule has 0 aromatic heterocycles. The molecule has 144 valence electrons. The average Bonchev–Trinajstić information content (AvgIpc) is 2.55. The molecule has 0 bridgehead atoms. The Hall–Kier alpha value is -0.770. The molecule has 1 saturated carbocycles. The molecule has 0 radical (unpaired) electrons. The maximum atomic E-state index is 11.3. The molecule has 0 aromatic carbocycles. The molecular weight excluding hydrogens is 314 g/mol. The molecule has 0 amide bonds. The Morgan fingerprint density at radius 3 is 2.17 bits per heavy atom. The van der Waals surface area contributed by atoms with E-state index in [1.54, 1.807) is 0 Å². The molecule has 0 aromatic rings. The van der Waals surface area contributed by atoms with Crippen molar-refractivity contribution < 1.29 is 24.2 Å². The van der Waals surface area contributed by atoms with Crippen molar-refractivity contribution in [3.63, 3.8) is 0 Å². The maximum absolute atomic E-state index is 11.3. The zero-order valence-corrected chi connectivity index (χ0v) is 16.0. The monoisotopic (exact) mass is 349 g/mol. The van der Waals surface area contributed by atoms with Crippen molar-refractivity contribution in [2.45, 2.75) is 71.9 Å². The summed E-state index contributed by atoms with van der Waals surface area (Å²) in [5.41, 5.74) is 2.71. The highest BCUT2D eigenvalue weighted by Gasteiger charge is 2.27. The highest BCUT2D eigenvalue weighted by Crippen LogP contribution is 2.26. The van der Waals surface area contributed by atoms with E-state index in [-0.39, 0.29) is 23.5 Å². The minimum absolute atomic E-state index is 0.0350. The van der Waals surface area contributed by atoms with Crippen molar-refractivity contribution in [2.24, 2.45) is 11.8 Å². The summed E-state index contributed by atoms with van der Waals surface area (Å²) < 4.78 is 4.94. The van der Waals surface area contributed by atoms with Crippen molar-refractivity contribution in [3.8, 4) is 0 Å². The highest BCUT2D eigenvalue weighted by molar-refractivity contribution is 5.72. The van der Waals surface area contributed by atoms with E-state index in [0.29, 0.717) is 6.61 Å². The number of carbonyl (C=O) groups is 1. The lowest BCUT2D eigenvalue weighted by molar-refractivity contribution is -0.361. The number of hydrazine groups is 1. The molecule has 1 rings (SSSR count). The van der Waals surface area contributed by atoms with Crippen molar-refractivity contribution in [1.29, 1.82) is 0 Å². The molecule has 8 nitrogen and oxygen atoms in total. The van der Waals surface area contributed by atoms with Crippen LogP contribution in [0.15, 0.2) is 0 Å².